The molecule has 140 valence electrons. The van der Waals surface area contributed by atoms with Crippen molar-refractivity contribution in [3.05, 3.63) is 59.4 Å². The van der Waals surface area contributed by atoms with Crippen molar-refractivity contribution in [1.82, 2.24) is 20.3 Å². The largest absolute Gasteiger partial charge is 0.449 e. The molecule has 1 N–H and O–H groups in total. The number of hydrogen-bond acceptors (Lipinski definition) is 5. The molecule has 0 bridgehead atoms. The fraction of sp³-hybridized carbons (Fsp3) is 0.263. The van der Waals surface area contributed by atoms with Crippen LogP contribution in [0.2, 0.25) is 0 Å². The van der Waals surface area contributed by atoms with Crippen molar-refractivity contribution in [3.63, 3.8) is 0 Å². The minimum Gasteiger partial charge on any atom is -0.449 e. The van der Waals surface area contributed by atoms with Gasteiger partial charge in [-0.1, -0.05) is 17.3 Å². The first-order valence-electron chi connectivity index (χ1n) is 8.54. The van der Waals surface area contributed by atoms with E-state index in [4.69, 9.17) is 4.74 Å². The second-order valence-corrected chi connectivity index (χ2v) is 6.00. The summed E-state index contributed by atoms with van der Waals surface area (Å²) in [4.78, 5) is 24.4. The Kier molecular flexibility index (Phi) is 5.44. The Morgan fingerprint density at radius 1 is 1.22 bits per heavy atom. The van der Waals surface area contributed by atoms with Gasteiger partial charge >= 0.3 is 5.97 Å². The average molecular weight is 370 g/mol. The van der Waals surface area contributed by atoms with E-state index in [1.54, 1.807) is 35.0 Å². The van der Waals surface area contributed by atoms with Gasteiger partial charge in [-0.25, -0.2) is 13.9 Å². The maximum atomic E-state index is 12.9. The van der Waals surface area contributed by atoms with Gasteiger partial charge in [0.25, 0.3) is 5.91 Å². The highest BCUT2D eigenvalue weighted by Crippen LogP contribution is 2.15. The second-order valence-electron chi connectivity index (χ2n) is 6.00. The molecular formula is C19H19FN4O3. The Hall–Kier alpha value is -3.29. The summed E-state index contributed by atoms with van der Waals surface area (Å²) >= 11 is 0. The smallest absolute Gasteiger partial charge is 0.338 e. The van der Waals surface area contributed by atoms with E-state index in [0.717, 1.165) is 11.1 Å². The van der Waals surface area contributed by atoms with Crippen molar-refractivity contribution in [1.29, 1.82) is 0 Å². The number of benzene rings is 2. The zero-order valence-corrected chi connectivity index (χ0v) is 15.0. The van der Waals surface area contributed by atoms with Gasteiger partial charge in [0.1, 0.15) is 11.3 Å². The van der Waals surface area contributed by atoms with Crippen LogP contribution in [0.25, 0.3) is 11.0 Å². The molecule has 2 aromatic carbocycles. The molecule has 3 rings (SSSR count). The Balaban J connectivity index is 1.59. The highest BCUT2D eigenvalue weighted by molar-refractivity contribution is 5.95. The summed E-state index contributed by atoms with van der Waals surface area (Å²) in [6, 6.07) is 10.7. The van der Waals surface area contributed by atoms with Gasteiger partial charge < -0.3 is 10.1 Å². The van der Waals surface area contributed by atoms with Crippen LogP contribution < -0.4 is 5.32 Å². The maximum absolute atomic E-state index is 12.9. The maximum Gasteiger partial charge on any atom is 0.338 e. The molecule has 0 spiro atoms. The lowest BCUT2D eigenvalue weighted by atomic mass is 10.2. The molecule has 1 amide bonds. The van der Waals surface area contributed by atoms with Gasteiger partial charge in [-0.05, 0) is 49.7 Å². The molecule has 0 aliphatic carbocycles. The number of hydrogen-bond donors (Lipinski definition) is 1. The van der Waals surface area contributed by atoms with Crippen LogP contribution in [0.3, 0.4) is 0 Å². The molecule has 0 unspecified atom stereocenters. The van der Waals surface area contributed by atoms with Crippen LogP contribution in [0.1, 0.15) is 29.8 Å². The van der Waals surface area contributed by atoms with Crippen LogP contribution in [-0.2, 0) is 22.6 Å². The molecule has 3 aromatic rings. The average Bonchev–Trinajstić information content (AvgIpc) is 3.09. The number of rotatable bonds is 6. The number of halogens is 1. The molecule has 0 saturated carbocycles. The highest BCUT2D eigenvalue weighted by atomic mass is 19.1. The number of fused-ring (bicyclic) bond motifs is 1. The summed E-state index contributed by atoms with van der Waals surface area (Å²) in [6.07, 6.45) is -0.972. The zero-order valence-electron chi connectivity index (χ0n) is 15.0. The monoisotopic (exact) mass is 370 g/mol. The van der Waals surface area contributed by atoms with Gasteiger partial charge in [0.05, 0.1) is 11.1 Å². The van der Waals surface area contributed by atoms with E-state index in [1.165, 1.54) is 19.1 Å². The molecule has 1 heterocycles. The van der Waals surface area contributed by atoms with Gasteiger partial charge in [-0.2, -0.15) is 0 Å². The predicted molar refractivity (Wildman–Crippen MR) is 96.3 cm³/mol. The number of aryl methyl sites for hydroxylation is 1. The predicted octanol–water partition coefficient (Wildman–Crippen LogP) is 2.45. The van der Waals surface area contributed by atoms with Crippen LogP contribution in [0.5, 0.6) is 0 Å². The quantitative estimate of drug-likeness (QED) is 0.674. The Bertz CT molecular complexity index is 969. The van der Waals surface area contributed by atoms with Gasteiger partial charge in [0.15, 0.2) is 6.10 Å². The summed E-state index contributed by atoms with van der Waals surface area (Å²) < 4.78 is 19.8. The van der Waals surface area contributed by atoms with Gasteiger partial charge in [-0.3, -0.25) is 4.79 Å². The van der Waals surface area contributed by atoms with Gasteiger partial charge in [-0.15, -0.1) is 5.10 Å². The van der Waals surface area contributed by atoms with Crippen LogP contribution in [-0.4, -0.2) is 33.0 Å². The van der Waals surface area contributed by atoms with Crippen LogP contribution in [0.15, 0.2) is 42.5 Å². The topological polar surface area (TPSA) is 86.1 Å². The molecule has 0 saturated heterocycles. The molecular weight excluding hydrogens is 351 g/mol. The fourth-order valence-electron chi connectivity index (χ4n) is 2.55. The molecule has 0 aliphatic rings. The number of nitrogens with zero attached hydrogens (tertiary/aromatic N) is 3. The summed E-state index contributed by atoms with van der Waals surface area (Å²) in [5.41, 5.74) is 2.44. The Morgan fingerprint density at radius 3 is 2.67 bits per heavy atom. The lowest BCUT2D eigenvalue weighted by Gasteiger charge is -2.13. The lowest BCUT2D eigenvalue weighted by molar-refractivity contribution is -0.129. The van der Waals surface area contributed by atoms with Crippen LogP contribution in [0, 0.1) is 5.82 Å². The van der Waals surface area contributed by atoms with E-state index >= 15 is 0 Å². The van der Waals surface area contributed by atoms with E-state index < -0.39 is 18.0 Å². The molecule has 0 radical (unpaired) electrons. The SMILES string of the molecule is CCn1nnc2cc(C(=O)O[C@@H](C)C(=O)NCc3ccc(F)cc3)ccc21. The Morgan fingerprint density at radius 2 is 1.96 bits per heavy atom. The number of nitrogens with one attached hydrogen (secondary N) is 1. The molecule has 27 heavy (non-hydrogen) atoms. The minimum absolute atomic E-state index is 0.215. The molecule has 1 atom stereocenters. The first-order chi connectivity index (χ1) is 13.0. The summed E-state index contributed by atoms with van der Waals surface area (Å²) in [5.74, 6) is -1.40. The van der Waals surface area contributed by atoms with Crippen LogP contribution in [0.4, 0.5) is 4.39 Å². The highest BCUT2D eigenvalue weighted by Gasteiger charge is 2.19. The normalized spacial score (nSPS) is 12.0. The fourth-order valence-corrected chi connectivity index (χ4v) is 2.55. The summed E-state index contributed by atoms with van der Waals surface area (Å²) in [5, 5.41) is 10.7. The van der Waals surface area contributed by atoms with E-state index in [0.29, 0.717) is 17.6 Å². The van der Waals surface area contributed by atoms with Crippen molar-refractivity contribution < 1.29 is 18.7 Å². The molecule has 0 fully saturated rings. The second kappa shape index (κ2) is 7.94. The molecule has 1 aromatic heterocycles. The number of amides is 1. The standard InChI is InChI=1S/C19H19FN4O3/c1-3-24-17-9-6-14(10-16(17)22-23-24)19(26)27-12(2)18(25)21-11-13-4-7-15(20)8-5-13/h4-10,12H,3,11H2,1-2H3,(H,21,25)/t12-/m0/s1. The zero-order chi connectivity index (χ0) is 19.4. The van der Waals surface area contributed by atoms with E-state index in [1.807, 2.05) is 6.92 Å². The van der Waals surface area contributed by atoms with Crippen molar-refractivity contribution in [3.8, 4) is 0 Å². The van der Waals surface area contributed by atoms with E-state index in [2.05, 4.69) is 15.6 Å². The third-order valence-corrected chi connectivity index (χ3v) is 4.08. The minimum atomic E-state index is -0.972. The van der Waals surface area contributed by atoms with Gasteiger partial charge in [0, 0.05) is 13.1 Å². The lowest BCUT2D eigenvalue weighted by Crippen LogP contribution is -2.35. The summed E-state index contributed by atoms with van der Waals surface area (Å²) in [6.45, 7) is 4.32. The molecule has 8 heteroatoms. The van der Waals surface area contributed by atoms with E-state index in [9.17, 15) is 14.0 Å². The van der Waals surface area contributed by atoms with E-state index in [-0.39, 0.29) is 12.4 Å². The third-order valence-electron chi connectivity index (χ3n) is 4.08. The first-order valence-corrected chi connectivity index (χ1v) is 8.54. The number of carbonyl (C=O) groups is 2. The van der Waals surface area contributed by atoms with Crippen LogP contribution >= 0.6 is 0 Å². The van der Waals surface area contributed by atoms with Crippen molar-refractivity contribution in [2.45, 2.75) is 33.0 Å². The summed E-state index contributed by atoms with van der Waals surface area (Å²) in [7, 11) is 0. The number of carbonyl (C=O) groups excluding carboxylic acids is 2. The third kappa shape index (κ3) is 4.28. The molecule has 0 aliphatic heterocycles. The molecule has 7 nitrogen and oxygen atoms in total. The number of aromatic nitrogens is 3. The van der Waals surface area contributed by atoms with Crippen molar-refractivity contribution >= 4 is 22.9 Å². The first kappa shape index (κ1) is 18.5. The van der Waals surface area contributed by atoms with Crippen molar-refractivity contribution in [2.24, 2.45) is 0 Å². The van der Waals surface area contributed by atoms with Gasteiger partial charge in [0.2, 0.25) is 0 Å². The number of esters is 1. The van der Waals surface area contributed by atoms with Crippen molar-refractivity contribution in [2.75, 3.05) is 0 Å². The number of ether oxygens (including phenoxy) is 1. The Labute approximate surface area is 155 Å².